The molecule has 1 heterocycles. The number of methoxy groups -OCH3 is 1. The van der Waals surface area contributed by atoms with E-state index >= 15 is 0 Å². The Hall–Kier alpha value is -1.36. The van der Waals surface area contributed by atoms with Crippen LogP contribution in [-0.4, -0.2) is 33.4 Å². The van der Waals surface area contributed by atoms with Gasteiger partial charge in [-0.25, -0.2) is 0 Å². The van der Waals surface area contributed by atoms with Crippen molar-refractivity contribution in [3.8, 4) is 5.75 Å². The van der Waals surface area contributed by atoms with Gasteiger partial charge < -0.3 is 9.84 Å². The fourth-order valence-electron chi connectivity index (χ4n) is 7.83. The van der Waals surface area contributed by atoms with E-state index in [0.29, 0.717) is 35.3 Å². The van der Waals surface area contributed by atoms with Gasteiger partial charge >= 0.3 is 0 Å². The summed E-state index contributed by atoms with van der Waals surface area (Å²) >= 11 is 0. The lowest BCUT2D eigenvalue weighted by molar-refractivity contribution is -0.127. The first kappa shape index (κ1) is 23.8. The van der Waals surface area contributed by atoms with Gasteiger partial charge in [0.05, 0.1) is 31.6 Å². The number of carbonyl (C=O) groups is 1. The molecular formula is C27H44N2O3. The van der Waals surface area contributed by atoms with Gasteiger partial charge in [0, 0.05) is 5.92 Å². The van der Waals surface area contributed by atoms with Crippen molar-refractivity contribution in [3.05, 3.63) is 12.4 Å². The molecule has 0 aromatic carbocycles. The van der Waals surface area contributed by atoms with E-state index in [2.05, 4.69) is 25.9 Å². The van der Waals surface area contributed by atoms with Crippen LogP contribution < -0.4 is 4.74 Å². The molecular weight excluding hydrogens is 400 g/mol. The third kappa shape index (κ3) is 4.51. The minimum atomic E-state index is -0.487. The van der Waals surface area contributed by atoms with Gasteiger partial charge in [0.15, 0.2) is 11.5 Å². The second-order valence-electron chi connectivity index (χ2n) is 12.2. The van der Waals surface area contributed by atoms with Crippen LogP contribution in [0.15, 0.2) is 12.4 Å². The lowest BCUT2D eigenvalue weighted by atomic mass is 9.49. The van der Waals surface area contributed by atoms with Gasteiger partial charge in [-0.1, -0.05) is 33.6 Å². The molecule has 7 atom stereocenters. The van der Waals surface area contributed by atoms with Gasteiger partial charge in [0.1, 0.15) is 0 Å². The molecule has 0 bridgehead atoms. The molecule has 1 aromatic rings. The second-order valence-corrected chi connectivity index (χ2v) is 12.2. The van der Waals surface area contributed by atoms with Crippen LogP contribution in [0.3, 0.4) is 0 Å². The summed E-state index contributed by atoms with van der Waals surface area (Å²) in [4.78, 5) is 13.3. The fraction of sp³-hybridized carbons (Fsp3) is 0.852. The predicted molar refractivity (Wildman–Crippen MR) is 126 cm³/mol. The first-order valence-corrected chi connectivity index (χ1v) is 12.9. The number of hydrogen-bond acceptors (Lipinski definition) is 4. The number of aliphatic hydroxyl groups is 1. The molecule has 0 amide bonds. The zero-order valence-electron chi connectivity index (χ0n) is 20.9. The first-order chi connectivity index (χ1) is 15.1. The average molecular weight is 445 g/mol. The normalized spacial score (nSPS) is 41.9. The van der Waals surface area contributed by atoms with Crippen LogP contribution in [0, 0.1) is 34.5 Å². The summed E-state index contributed by atoms with van der Waals surface area (Å²) in [7, 11) is 1.63. The van der Waals surface area contributed by atoms with Crippen molar-refractivity contribution in [2.24, 2.45) is 34.5 Å². The summed E-state index contributed by atoms with van der Waals surface area (Å²) in [5, 5.41) is 15.0. The molecule has 5 nitrogen and oxygen atoms in total. The Labute approximate surface area is 194 Å². The minimum Gasteiger partial charge on any atom is -0.493 e. The summed E-state index contributed by atoms with van der Waals surface area (Å²) in [6.45, 7) is 9.70. The summed E-state index contributed by atoms with van der Waals surface area (Å²) in [5.41, 5.74) is -0.0586. The molecule has 0 unspecified atom stereocenters. The highest BCUT2D eigenvalue weighted by Gasteiger charge is 2.52. The van der Waals surface area contributed by atoms with Crippen molar-refractivity contribution in [2.45, 2.75) is 104 Å². The van der Waals surface area contributed by atoms with Gasteiger partial charge in [-0.15, -0.1) is 0 Å². The molecule has 4 rings (SSSR count). The third-order valence-corrected chi connectivity index (χ3v) is 9.99. The van der Waals surface area contributed by atoms with Crippen LogP contribution in [0.4, 0.5) is 0 Å². The quantitative estimate of drug-likeness (QED) is 0.590. The van der Waals surface area contributed by atoms with E-state index in [-0.39, 0.29) is 11.3 Å². The number of hydrogen-bond donors (Lipinski definition) is 1. The van der Waals surface area contributed by atoms with Crippen LogP contribution in [0.2, 0.25) is 0 Å². The Morgan fingerprint density at radius 3 is 2.72 bits per heavy atom. The Morgan fingerprint density at radius 2 is 2.00 bits per heavy atom. The monoisotopic (exact) mass is 444 g/mol. The van der Waals surface area contributed by atoms with E-state index in [4.69, 9.17) is 4.74 Å². The lowest BCUT2D eigenvalue weighted by Gasteiger charge is -2.56. The minimum absolute atomic E-state index is 0.0947. The standard InChI is InChI=1S/C27H44N2O3/c1-19-8-9-20-15-26(3,31)13-14-27(20,4)22(19)10-12-25(2)11-6-7-23(25)24(30)18-29-17-21(32-5)16-28-29/h16-17,19-20,22-23,31H,6-15,18H2,1-5H3/t19-,20+,22+,23-,25-,26-,27+/m1/s1. The fourth-order valence-corrected chi connectivity index (χ4v) is 7.83. The van der Waals surface area contributed by atoms with Crippen molar-refractivity contribution < 1.29 is 14.6 Å². The van der Waals surface area contributed by atoms with Gasteiger partial charge in [0.25, 0.3) is 0 Å². The van der Waals surface area contributed by atoms with Gasteiger partial charge in [-0.3, -0.25) is 9.48 Å². The highest BCUT2D eigenvalue weighted by atomic mass is 16.5. The summed E-state index contributed by atoms with van der Waals surface area (Å²) in [6, 6.07) is 0. The van der Waals surface area contributed by atoms with E-state index in [1.54, 1.807) is 18.0 Å². The molecule has 1 N–H and O–H groups in total. The lowest BCUT2D eigenvalue weighted by Crippen LogP contribution is -2.50. The number of fused-ring (bicyclic) bond motifs is 1. The molecule has 32 heavy (non-hydrogen) atoms. The summed E-state index contributed by atoms with van der Waals surface area (Å²) < 4.78 is 6.94. The SMILES string of the molecule is COc1cnn(CC(=O)[C@H]2CCC[C@]2(C)CC[C@H]2[C@H](C)CC[C@H]3C[C@](C)(O)CC[C@@]32C)c1. The molecule has 180 valence electrons. The van der Waals surface area contributed by atoms with Crippen LogP contribution in [0.25, 0.3) is 0 Å². The highest BCUT2D eigenvalue weighted by Crippen LogP contribution is 2.59. The zero-order chi connectivity index (χ0) is 23.1. The number of nitrogens with zero attached hydrogens (tertiary/aromatic N) is 2. The van der Waals surface area contributed by atoms with Crippen LogP contribution in [0.5, 0.6) is 5.75 Å². The summed E-state index contributed by atoms with van der Waals surface area (Å²) in [6.07, 6.45) is 14.7. The smallest absolute Gasteiger partial charge is 0.157 e. The van der Waals surface area contributed by atoms with Crippen molar-refractivity contribution in [2.75, 3.05) is 7.11 Å². The van der Waals surface area contributed by atoms with E-state index in [1.165, 1.54) is 19.3 Å². The van der Waals surface area contributed by atoms with Crippen LogP contribution in [-0.2, 0) is 11.3 Å². The molecule has 3 fully saturated rings. The first-order valence-electron chi connectivity index (χ1n) is 12.9. The van der Waals surface area contributed by atoms with Crippen molar-refractivity contribution in [1.82, 2.24) is 9.78 Å². The van der Waals surface area contributed by atoms with E-state index < -0.39 is 5.60 Å². The largest absolute Gasteiger partial charge is 0.493 e. The van der Waals surface area contributed by atoms with Crippen molar-refractivity contribution >= 4 is 5.78 Å². The zero-order valence-corrected chi connectivity index (χ0v) is 20.9. The maximum atomic E-state index is 13.3. The molecule has 3 aliphatic rings. The predicted octanol–water partition coefficient (Wildman–Crippen LogP) is 5.65. The average Bonchev–Trinajstić information content (AvgIpc) is 3.34. The van der Waals surface area contributed by atoms with E-state index in [9.17, 15) is 9.90 Å². The van der Waals surface area contributed by atoms with Crippen LogP contribution >= 0.6 is 0 Å². The summed E-state index contributed by atoms with van der Waals surface area (Å²) in [5.74, 6) is 3.22. The number of aromatic nitrogens is 2. The molecule has 0 spiro atoms. The van der Waals surface area contributed by atoms with E-state index in [0.717, 1.165) is 50.9 Å². The maximum Gasteiger partial charge on any atom is 0.157 e. The van der Waals surface area contributed by atoms with Gasteiger partial charge in [-0.2, -0.15) is 5.10 Å². The van der Waals surface area contributed by atoms with E-state index in [1.807, 2.05) is 13.1 Å². The molecule has 3 aliphatic carbocycles. The van der Waals surface area contributed by atoms with Gasteiger partial charge in [0.2, 0.25) is 0 Å². The van der Waals surface area contributed by atoms with Gasteiger partial charge in [-0.05, 0) is 86.9 Å². The molecule has 3 saturated carbocycles. The van der Waals surface area contributed by atoms with Crippen LogP contribution in [0.1, 0.15) is 91.9 Å². The number of ether oxygens (including phenoxy) is 1. The highest BCUT2D eigenvalue weighted by molar-refractivity contribution is 5.81. The third-order valence-electron chi connectivity index (χ3n) is 9.99. The Morgan fingerprint density at radius 1 is 1.22 bits per heavy atom. The number of Topliss-reactive ketones (excluding diaryl/α,β-unsaturated/α-hetero) is 1. The Kier molecular flexibility index (Phi) is 6.52. The van der Waals surface area contributed by atoms with Crippen molar-refractivity contribution in [3.63, 3.8) is 0 Å². The number of ketones is 1. The second kappa shape index (κ2) is 8.77. The molecule has 5 heteroatoms. The number of carbonyl (C=O) groups excluding carboxylic acids is 1. The number of rotatable bonds is 7. The van der Waals surface area contributed by atoms with Crippen molar-refractivity contribution in [1.29, 1.82) is 0 Å². The molecule has 0 saturated heterocycles. The molecule has 0 aliphatic heterocycles. The Bertz CT molecular complexity index is 818. The maximum absolute atomic E-state index is 13.3. The molecule has 1 aromatic heterocycles. The topological polar surface area (TPSA) is 64.4 Å². The Balaban J connectivity index is 1.43. The molecule has 0 radical (unpaired) electrons.